The first-order valence-electron chi connectivity index (χ1n) is 11.2. The zero-order chi connectivity index (χ0) is 27.0. The number of hydrogen-bond donors (Lipinski definition) is 5. The van der Waals surface area contributed by atoms with E-state index in [9.17, 15) is 27.9 Å². The first-order chi connectivity index (χ1) is 17.6. The normalized spacial score (nSPS) is 15.4. The van der Waals surface area contributed by atoms with Crippen LogP contribution in [0.4, 0.5) is 5.69 Å². The number of aliphatic carboxylic acids is 1. The fourth-order valence-electron chi connectivity index (χ4n) is 3.67. The van der Waals surface area contributed by atoms with Crippen LogP contribution in [0.3, 0.4) is 0 Å². The number of carboxylic acid groups (broad SMARTS) is 1. The van der Waals surface area contributed by atoms with Gasteiger partial charge in [-0.15, -0.1) is 0 Å². The highest BCUT2D eigenvalue weighted by molar-refractivity contribution is 7.88. The second-order valence-electron chi connectivity index (χ2n) is 8.33. The standard InChI is InChI=1S/C23H28N6O7S/c24-22(26-34)17-6-8-18(9-7-17)28-10-11-29(21(31)14-28)13-20(30)25-12-19(23(32)33)27-37(35,36)15-16-4-2-1-3-5-16/h1-9,19,27,34H,10-15H2,(H2,24,26)(H,25,30)(H,32,33)/t19-/m0/s1. The van der Waals surface area contributed by atoms with Gasteiger partial charge in [-0.05, 0) is 29.8 Å². The van der Waals surface area contributed by atoms with Crippen LogP contribution in [0, 0.1) is 0 Å². The van der Waals surface area contributed by atoms with Gasteiger partial charge >= 0.3 is 5.97 Å². The quantitative estimate of drug-likeness (QED) is 0.106. The lowest BCUT2D eigenvalue weighted by Crippen LogP contribution is -2.54. The molecule has 1 saturated heterocycles. The van der Waals surface area contributed by atoms with Crippen molar-refractivity contribution in [2.75, 3.05) is 37.6 Å². The van der Waals surface area contributed by atoms with Crippen LogP contribution < -0.4 is 20.7 Å². The molecule has 1 atom stereocenters. The molecule has 3 rings (SSSR count). The zero-order valence-electron chi connectivity index (χ0n) is 19.8. The van der Waals surface area contributed by atoms with Crippen LogP contribution in [-0.2, 0) is 30.2 Å². The van der Waals surface area contributed by atoms with Gasteiger partial charge in [0, 0.05) is 30.9 Å². The molecular weight excluding hydrogens is 504 g/mol. The van der Waals surface area contributed by atoms with Crippen LogP contribution >= 0.6 is 0 Å². The first kappa shape index (κ1) is 27.4. The SMILES string of the molecule is NC(=NO)c1ccc(N2CCN(CC(=O)NC[C@H](NS(=O)(=O)Cc3ccccc3)C(=O)O)C(=O)C2)cc1. The highest BCUT2D eigenvalue weighted by atomic mass is 32.2. The molecule has 0 aromatic heterocycles. The van der Waals surface area contributed by atoms with E-state index in [1.54, 1.807) is 54.6 Å². The average molecular weight is 533 g/mol. The Morgan fingerprint density at radius 3 is 2.35 bits per heavy atom. The third-order valence-corrected chi connectivity index (χ3v) is 6.97. The second kappa shape index (κ2) is 12.2. The molecular formula is C23H28N6O7S. The van der Waals surface area contributed by atoms with Gasteiger partial charge < -0.3 is 31.2 Å². The summed E-state index contributed by atoms with van der Waals surface area (Å²) in [6, 6.07) is 13.5. The van der Waals surface area contributed by atoms with Crippen molar-refractivity contribution in [3.05, 3.63) is 65.7 Å². The number of oxime groups is 1. The fraction of sp³-hybridized carbons (Fsp3) is 0.304. The third-order valence-electron chi connectivity index (χ3n) is 5.61. The average Bonchev–Trinajstić information content (AvgIpc) is 2.87. The summed E-state index contributed by atoms with van der Waals surface area (Å²) in [6.07, 6.45) is 0. The van der Waals surface area contributed by atoms with Crippen LogP contribution in [-0.4, -0.2) is 86.0 Å². The predicted octanol–water partition coefficient (Wildman–Crippen LogP) is -0.881. The van der Waals surface area contributed by atoms with Crippen molar-refractivity contribution in [2.45, 2.75) is 11.8 Å². The number of carboxylic acids is 1. The van der Waals surface area contributed by atoms with Crippen molar-refractivity contribution in [3.8, 4) is 0 Å². The van der Waals surface area contributed by atoms with E-state index in [4.69, 9.17) is 10.9 Å². The Morgan fingerprint density at radius 2 is 1.76 bits per heavy atom. The summed E-state index contributed by atoms with van der Waals surface area (Å²) in [4.78, 5) is 39.7. The number of carbonyl (C=O) groups excluding carboxylic acids is 2. The number of hydrogen-bond acceptors (Lipinski definition) is 8. The minimum atomic E-state index is -3.98. The van der Waals surface area contributed by atoms with Crippen LogP contribution in [0.15, 0.2) is 59.8 Å². The maximum atomic E-state index is 12.6. The minimum Gasteiger partial charge on any atom is -0.480 e. The number of anilines is 1. The number of carbonyl (C=O) groups is 3. The summed E-state index contributed by atoms with van der Waals surface area (Å²) >= 11 is 0. The molecule has 6 N–H and O–H groups in total. The molecule has 14 heteroatoms. The number of rotatable bonds is 11. The van der Waals surface area contributed by atoms with Gasteiger partial charge in [0.25, 0.3) is 0 Å². The maximum absolute atomic E-state index is 12.6. The lowest BCUT2D eigenvalue weighted by molar-refractivity contribution is -0.139. The third kappa shape index (κ3) is 7.91. The highest BCUT2D eigenvalue weighted by Crippen LogP contribution is 2.18. The van der Waals surface area contributed by atoms with E-state index in [-0.39, 0.29) is 31.4 Å². The van der Waals surface area contributed by atoms with E-state index in [2.05, 4.69) is 15.2 Å². The largest absolute Gasteiger partial charge is 0.480 e. The number of nitrogens with zero attached hydrogens (tertiary/aromatic N) is 3. The van der Waals surface area contributed by atoms with Gasteiger partial charge in [-0.1, -0.05) is 35.5 Å². The molecule has 0 unspecified atom stereocenters. The van der Waals surface area contributed by atoms with E-state index in [1.807, 2.05) is 4.90 Å². The number of amides is 2. The number of piperazine rings is 1. The van der Waals surface area contributed by atoms with Crippen LogP contribution in [0.2, 0.25) is 0 Å². The molecule has 2 amide bonds. The molecule has 0 radical (unpaired) electrons. The van der Waals surface area contributed by atoms with Gasteiger partial charge in [0.05, 0.1) is 18.8 Å². The molecule has 37 heavy (non-hydrogen) atoms. The molecule has 2 aromatic carbocycles. The number of sulfonamides is 1. The Kier molecular flexibility index (Phi) is 9.03. The Balaban J connectivity index is 1.49. The van der Waals surface area contributed by atoms with Gasteiger partial charge in [0.1, 0.15) is 6.04 Å². The van der Waals surface area contributed by atoms with E-state index in [0.29, 0.717) is 17.7 Å². The summed E-state index contributed by atoms with van der Waals surface area (Å²) < 4.78 is 26.8. The van der Waals surface area contributed by atoms with Crippen molar-refractivity contribution < 1.29 is 33.1 Å². The van der Waals surface area contributed by atoms with Gasteiger partial charge in [0.15, 0.2) is 5.84 Å². The molecule has 13 nitrogen and oxygen atoms in total. The fourth-order valence-corrected chi connectivity index (χ4v) is 5.01. The summed E-state index contributed by atoms with van der Waals surface area (Å²) in [7, 11) is -3.98. The van der Waals surface area contributed by atoms with Gasteiger partial charge in [0.2, 0.25) is 21.8 Å². The number of nitrogens with two attached hydrogens (primary N) is 1. The van der Waals surface area contributed by atoms with Crippen molar-refractivity contribution in [1.82, 2.24) is 14.9 Å². The van der Waals surface area contributed by atoms with Crippen LogP contribution in [0.25, 0.3) is 0 Å². The highest BCUT2D eigenvalue weighted by Gasteiger charge is 2.28. The molecule has 0 saturated carbocycles. The Morgan fingerprint density at radius 1 is 1.08 bits per heavy atom. The monoisotopic (exact) mass is 532 g/mol. The Bertz CT molecular complexity index is 1250. The number of benzene rings is 2. The molecule has 2 aromatic rings. The first-order valence-corrected chi connectivity index (χ1v) is 12.9. The van der Waals surface area contributed by atoms with Crippen molar-refractivity contribution in [1.29, 1.82) is 0 Å². The van der Waals surface area contributed by atoms with E-state index < -0.39 is 40.2 Å². The lowest BCUT2D eigenvalue weighted by Gasteiger charge is -2.35. The Labute approximate surface area is 213 Å². The summed E-state index contributed by atoms with van der Waals surface area (Å²) in [5, 5.41) is 23.5. The van der Waals surface area contributed by atoms with E-state index in [0.717, 1.165) is 5.69 Å². The van der Waals surface area contributed by atoms with Crippen LogP contribution in [0.1, 0.15) is 11.1 Å². The maximum Gasteiger partial charge on any atom is 0.323 e. The molecule has 1 heterocycles. The topological polar surface area (TPSA) is 195 Å². The molecule has 0 spiro atoms. The minimum absolute atomic E-state index is 0.0211. The Hall–Kier alpha value is -4.17. The van der Waals surface area contributed by atoms with Crippen molar-refractivity contribution in [3.63, 3.8) is 0 Å². The molecule has 198 valence electrons. The molecule has 1 aliphatic heterocycles. The summed E-state index contributed by atoms with van der Waals surface area (Å²) in [5.74, 6) is -2.80. The smallest absolute Gasteiger partial charge is 0.323 e. The van der Waals surface area contributed by atoms with Crippen molar-refractivity contribution in [2.24, 2.45) is 10.9 Å². The summed E-state index contributed by atoms with van der Waals surface area (Å²) in [5.41, 5.74) is 7.31. The van der Waals surface area contributed by atoms with Crippen molar-refractivity contribution >= 4 is 39.3 Å². The van der Waals surface area contributed by atoms with Gasteiger partial charge in [-0.25, -0.2) is 8.42 Å². The zero-order valence-corrected chi connectivity index (χ0v) is 20.6. The van der Waals surface area contributed by atoms with Gasteiger partial charge in [-0.3, -0.25) is 14.4 Å². The number of nitrogens with one attached hydrogen (secondary N) is 2. The predicted molar refractivity (Wildman–Crippen MR) is 134 cm³/mol. The number of amidine groups is 1. The van der Waals surface area contributed by atoms with E-state index in [1.165, 1.54) is 4.90 Å². The lowest BCUT2D eigenvalue weighted by atomic mass is 10.1. The molecule has 1 fully saturated rings. The van der Waals surface area contributed by atoms with Crippen LogP contribution in [0.5, 0.6) is 0 Å². The molecule has 0 bridgehead atoms. The second-order valence-corrected chi connectivity index (χ2v) is 10.1. The molecule has 0 aliphatic carbocycles. The van der Waals surface area contributed by atoms with E-state index >= 15 is 0 Å². The molecule has 1 aliphatic rings. The summed E-state index contributed by atoms with van der Waals surface area (Å²) in [6.45, 7) is -0.0618. The van der Waals surface area contributed by atoms with Gasteiger partial charge in [-0.2, -0.15) is 4.72 Å².